The molecule has 0 saturated carbocycles. The molecule has 2 rings (SSSR count). The Kier molecular flexibility index (Phi) is 2.59. The highest BCUT2D eigenvalue weighted by atomic mass is 35.5. The summed E-state index contributed by atoms with van der Waals surface area (Å²) >= 11 is 5.89. The second-order valence-corrected chi connectivity index (χ2v) is 3.98. The molecule has 5 heteroatoms. The highest BCUT2D eigenvalue weighted by Crippen LogP contribution is 2.35. The molecule has 84 valence electrons. The predicted molar refractivity (Wildman–Crippen MR) is 61.1 cm³/mol. The van der Waals surface area contributed by atoms with E-state index in [1.165, 1.54) is 0 Å². The maximum Gasteiger partial charge on any atom is 0.299 e. The smallest absolute Gasteiger partial charge is 0.299 e. The van der Waals surface area contributed by atoms with Gasteiger partial charge in [-0.3, -0.25) is 4.79 Å². The predicted octanol–water partition coefficient (Wildman–Crippen LogP) is 1.82. The number of rotatable bonds is 2. The van der Waals surface area contributed by atoms with Crippen LogP contribution in [0.25, 0.3) is 0 Å². The summed E-state index contributed by atoms with van der Waals surface area (Å²) in [5.41, 5.74) is 5.00. The quantitative estimate of drug-likeness (QED) is 0.855. The van der Waals surface area contributed by atoms with Crippen molar-refractivity contribution in [1.29, 1.82) is 0 Å². The van der Waals surface area contributed by atoms with E-state index in [0.29, 0.717) is 17.0 Å². The lowest BCUT2D eigenvalue weighted by atomic mass is 9.90. The number of hydrogen-bond donors (Lipinski definition) is 1. The van der Waals surface area contributed by atoms with Crippen molar-refractivity contribution >= 4 is 23.5 Å². The average molecular weight is 239 g/mol. The first kappa shape index (κ1) is 11.0. The van der Waals surface area contributed by atoms with Crippen LogP contribution in [-0.4, -0.2) is 11.9 Å². The van der Waals surface area contributed by atoms with Crippen LogP contribution >= 0.6 is 11.6 Å². The van der Waals surface area contributed by atoms with Crippen LogP contribution in [0, 0.1) is 0 Å². The van der Waals surface area contributed by atoms with Gasteiger partial charge in [0.1, 0.15) is 0 Å². The van der Waals surface area contributed by atoms with Crippen LogP contribution in [0.5, 0.6) is 0 Å². The van der Waals surface area contributed by atoms with Crippen molar-refractivity contribution < 1.29 is 9.53 Å². The molecule has 1 atom stereocenters. The second-order valence-electron chi connectivity index (χ2n) is 3.55. The van der Waals surface area contributed by atoms with Crippen LogP contribution < -0.4 is 5.73 Å². The number of nitrogens with two attached hydrogens (primary N) is 1. The van der Waals surface area contributed by atoms with Crippen LogP contribution in [0.15, 0.2) is 29.3 Å². The van der Waals surface area contributed by atoms with E-state index in [1.54, 1.807) is 24.3 Å². The molecule has 0 aliphatic carbocycles. The number of halogens is 1. The molecule has 0 spiro atoms. The molecule has 1 amide bonds. The lowest BCUT2D eigenvalue weighted by Crippen LogP contribution is -2.34. The monoisotopic (exact) mass is 238 g/mol. The Morgan fingerprint density at radius 2 is 2.31 bits per heavy atom. The first-order valence-electron chi connectivity index (χ1n) is 4.92. The van der Waals surface area contributed by atoms with E-state index in [4.69, 9.17) is 22.1 Å². The first-order valence-corrected chi connectivity index (χ1v) is 5.30. The highest BCUT2D eigenvalue weighted by molar-refractivity contribution is 6.30. The van der Waals surface area contributed by atoms with Crippen LogP contribution in [-0.2, 0) is 15.1 Å². The molecule has 4 nitrogen and oxygen atoms in total. The zero-order valence-corrected chi connectivity index (χ0v) is 9.49. The zero-order valence-electron chi connectivity index (χ0n) is 8.74. The number of benzene rings is 1. The van der Waals surface area contributed by atoms with E-state index in [9.17, 15) is 4.79 Å². The van der Waals surface area contributed by atoms with Gasteiger partial charge in [0.25, 0.3) is 11.9 Å². The van der Waals surface area contributed by atoms with Crippen molar-refractivity contribution in [3.8, 4) is 0 Å². The lowest BCUT2D eigenvalue weighted by molar-refractivity contribution is -0.131. The number of aliphatic imine (C=N–C) groups is 1. The van der Waals surface area contributed by atoms with E-state index in [2.05, 4.69) is 4.99 Å². The Labute approximate surface area is 98.1 Å². The van der Waals surface area contributed by atoms with Gasteiger partial charge in [-0.25, -0.2) is 0 Å². The van der Waals surface area contributed by atoms with Crippen LogP contribution in [0.3, 0.4) is 0 Å². The van der Waals surface area contributed by atoms with Gasteiger partial charge in [0, 0.05) is 10.6 Å². The maximum absolute atomic E-state index is 11.8. The van der Waals surface area contributed by atoms with Crippen molar-refractivity contribution in [3.05, 3.63) is 34.9 Å². The summed E-state index contributed by atoms with van der Waals surface area (Å²) in [6.45, 7) is 1.84. The van der Waals surface area contributed by atoms with Crippen LogP contribution in [0.1, 0.15) is 18.9 Å². The number of nitrogens with zero attached hydrogens (tertiary/aromatic N) is 1. The molecule has 0 bridgehead atoms. The third-order valence-electron chi connectivity index (χ3n) is 2.62. The maximum atomic E-state index is 11.8. The van der Waals surface area contributed by atoms with Crippen molar-refractivity contribution in [1.82, 2.24) is 0 Å². The molecule has 1 aromatic carbocycles. The van der Waals surface area contributed by atoms with Crippen LogP contribution in [0.2, 0.25) is 5.02 Å². The molecule has 0 aromatic heterocycles. The van der Waals surface area contributed by atoms with Crippen molar-refractivity contribution in [3.63, 3.8) is 0 Å². The molecule has 1 aromatic rings. The average Bonchev–Trinajstić information content (AvgIpc) is 2.54. The standard InChI is InChI=1S/C11H11ClN2O2/c1-2-11(9(15)14-10(13)16-11)7-4-3-5-8(12)6-7/h3-6H,2H2,1H3,(H2,13,14,15). The molecule has 1 aliphatic heterocycles. The van der Waals surface area contributed by atoms with Gasteiger partial charge in [0.15, 0.2) is 0 Å². The van der Waals surface area contributed by atoms with Gasteiger partial charge in [0.05, 0.1) is 0 Å². The van der Waals surface area contributed by atoms with Gasteiger partial charge in [-0.1, -0.05) is 30.7 Å². The number of ether oxygens (including phenoxy) is 1. The third kappa shape index (κ3) is 1.55. The number of carbonyl (C=O) groups is 1. The number of amides is 1. The molecule has 1 heterocycles. The second kappa shape index (κ2) is 3.79. The van der Waals surface area contributed by atoms with E-state index in [-0.39, 0.29) is 11.9 Å². The Bertz CT molecular complexity index is 473. The molecule has 16 heavy (non-hydrogen) atoms. The third-order valence-corrected chi connectivity index (χ3v) is 2.86. The molecule has 0 saturated heterocycles. The molecule has 1 unspecified atom stereocenters. The summed E-state index contributed by atoms with van der Waals surface area (Å²) in [7, 11) is 0. The summed E-state index contributed by atoms with van der Waals surface area (Å²) in [4.78, 5) is 15.4. The van der Waals surface area contributed by atoms with Gasteiger partial charge < -0.3 is 10.5 Å². The summed E-state index contributed by atoms with van der Waals surface area (Å²) in [6.07, 6.45) is 0.455. The Morgan fingerprint density at radius 3 is 2.81 bits per heavy atom. The largest absolute Gasteiger partial charge is 0.443 e. The molecule has 1 aliphatic rings. The van der Waals surface area contributed by atoms with Crippen molar-refractivity contribution in [2.24, 2.45) is 10.7 Å². The minimum atomic E-state index is -1.10. The van der Waals surface area contributed by atoms with Gasteiger partial charge in [-0.05, 0) is 18.6 Å². The van der Waals surface area contributed by atoms with Gasteiger partial charge in [0.2, 0.25) is 5.60 Å². The van der Waals surface area contributed by atoms with E-state index < -0.39 is 5.60 Å². The van der Waals surface area contributed by atoms with Crippen LogP contribution in [0.4, 0.5) is 0 Å². The fraction of sp³-hybridized carbons (Fsp3) is 0.273. The molecule has 0 radical (unpaired) electrons. The fourth-order valence-electron chi connectivity index (χ4n) is 1.78. The first-order chi connectivity index (χ1) is 7.58. The van der Waals surface area contributed by atoms with Gasteiger partial charge >= 0.3 is 0 Å². The molecule has 2 N–H and O–H groups in total. The fourth-order valence-corrected chi connectivity index (χ4v) is 1.98. The van der Waals surface area contributed by atoms with Crippen molar-refractivity contribution in [2.45, 2.75) is 18.9 Å². The number of hydrogen-bond acceptors (Lipinski definition) is 3. The van der Waals surface area contributed by atoms with E-state index >= 15 is 0 Å². The minimum absolute atomic E-state index is 0.0909. The Morgan fingerprint density at radius 1 is 1.56 bits per heavy atom. The topological polar surface area (TPSA) is 64.7 Å². The Balaban J connectivity index is 2.48. The normalized spacial score (nSPS) is 24.1. The molecular formula is C11H11ClN2O2. The van der Waals surface area contributed by atoms with E-state index in [1.807, 2.05) is 6.92 Å². The summed E-state index contributed by atoms with van der Waals surface area (Å²) in [5, 5.41) is 0.548. The number of carbonyl (C=O) groups excluding carboxylic acids is 1. The summed E-state index contributed by atoms with van der Waals surface area (Å²) in [6, 6.07) is 6.88. The highest BCUT2D eigenvalue weighted by Gasteiger charge is 2.46. The number of amidine groups is 1. The zero-order chi connectivity index (χ0) is 11.8. The van der Waals surface area contributed by atoms with Gasteiger partial charge in [-0.15, -0.1) is 0 Å². The van der Waals surface area contributed by atoms with Crippen molar-refractivity contribution in [2.75, 3.05) is 0 Å². The molecule has 0 fully saturated rings. The molecular weight excluding hydrogens is 228 g/mol. The summed E-state index contributed by atoms with van der Waals surface area (Å²) in [5.74, 6) is -0.380. The summed E-state index contributed by atoms with van der Waals surface area (Å²) < 4.78 is 5.37. The van der Waals surface area contributed by atoms with Gasteiger partial charge in [-0.2, -0.15) is 4.99 Å². The SMILES string of the molecule is CCC1(c2cccc(Cl)c2)OC(N)=NC1=O. The lowest BCUT2D eigenvalue weighted by Gasteiger charge is -2.24. The Hall–Kier alpha value is -1.55. The van der Waals surface area contributed by atoms with E-state index in [0.717, 1.165) is 0 Å². The minimum Gasteiger partial charge on any atom is -0.443 e.